The summed E-state index contributed by atoms with van der Waals surface area (Å²) in [5.41, 5.74) is 41.7. The van der Waals surface area contributed by atoms with Gasteiger partial charge in [-0.1, -0.05) is 191 Å². The van der Waals surface area contributed by atoms with E-state index in [4.69, 9.17) is 0 Å². The van der Waals surface area contributed by atoms with Gasteiger partial charge >= 0.3 is 0 Å². The van der Waals surface area contributed by atoms with Crippen molar-refractivity contribution in [2.75, 3.05) is 0 Å². The standard InChI is InChI=1S/C27H17N4S.C23H17N4S.C21H21N4S.C18H15N4S.C17H13N4S.5Ir/c1-3-8-19(9-4-1)22-12-7-13-23(20-10-5-2-6-11-20)26(22)31-27(28-17-30-31)21-14-15-24-25(16-21)32-18-29-24;1-15-10-19(17-6-4-3-5-7-17)11-16(2)22(15)27-23(24-13-26-27)18-8-9-20-21(12-18)28-14-25-20;1-13(2)16-6-5-7-17(14(3)4)20(16)25-21(22-11-24-25)15-8-9-18-19(10-15)26-12-23-18;1-11-6-12(2)17(13(3)7-11)22-18(19-9-21-22)14-4-5-15-16(8-14)23-10-20-15;1-11-4-3-5-12(2)16(11)21-17(18-9-20-21)13-6-7-14-15(8-13)22-10-19-14;;;;;/h1-13,15-18H;3-7,9-14H,1-2H3;5-7,9-14H,1-4H3;5-10H,1-3H3;3-5,7-10H,1-2H3;;;;;/q5*-1;;;;;. The van der Waals surface area contributed by atoms with Gasteiger partial charge in [0.05, 0.1) is 85.1 Å². The molecule has 687 valence electrons. The third-order valence-electron chi connectivity index (χ3n) is 22.5. The van der Waals surface area contributed by atoms with E-state index in [2.05, 4.69) is 364 Å². The van der Waals surface area contributed by atoms with E-state index in [1.807, 2.05) is 99.5 Å². The minimum atomic E-state index is 0. The summed E-state index contributed by atoms with van der Waals surface area (Å²) in [5, 5.41) is 22.7. The Morgan fingerprint density at radius 2 is 0.500 bits per heavy atom. The summed E-state index contributed by atoms with van der Waals surface area (Å²) in [6, 6.07) is 95.6. The van der Waals surface area contributed by atoms with E-state index < -0.39 is 0 Å². The van der Waals surface area contributed by atoms with Gasteiger partial charge in [0.25, 0.3) is 0 Å². The van der Waals surface area contributed by atoms with Crippen molar-refractivity contribution in [2.45, 2.75) is 88.0 Å². The average molecular weight is 2760 g/mol. The van der Waals surface area contributed by atoms with E-state index in [-0.39, 0.29) is 101 Å². The normalized spacial score (nSPS) is 10.9. The first kappa shape index (κ1) is 100. The zero-order valence-electron chi connectivity index (χ0n) is 75.0. The molecular weight excluding hydrogens is 2670 g/mol. The van der Waals surface area contributed by atoms with Crippen LogP contribution in [0.2, 0.25) is 0 Å². The van der Waals surface area contributed by atoms with Crippen LogP contribution < -0.4 is 0 Å². The number of para-hydroxylation sites is 3. The third-order valence-corrected chi connectivity index (χ3v) is 26.5. The maximum atomic E-state index is 4.68. The second kappa shape index (κ2) is 45.0. The van der Waals surface area contributed by atoms with Crippen LogP contribution in [0.5, 0.6) is 0 Å². The van der Waals surface area contributed by atoms with Crippen LogP contribution in [0.3, 0.4) is 0 Å². The van der Waals surface area contributed by atoms with Gasteiger partial charge in [0.15, 0.2) is 0 Å². The second-order valence-electron chi connectivity index (χ2n) is 32.1. The van der Waals surface area contributed by atoms with Crippen molar-refractivity contribution in [3.05, 3.63) is 370 Å². The zero-order valence-corrected chi connectivity index (χ0v) is 91.1. The van der Waals surface area contributed by atoms with Crippen molar-refractivity contribution in [3.63, 3.8) is 0 Å². The SMILES string of the molecule is CC(C)c1cccc(C(C)C)c1-n1ncnc1-c1[c-]cc2ncsc2c1.Cc1cc(-c2ccccc2)cc(C)c1-n1ncnc1-c1[c-]cc2ncsc2c1.Cc1cc(C)c(-n2ncnc2-c2[c-]cc3ncsc3c2)c(C)c1.Cc1cccc(C)c1-n1ncnc1-c1[c-]cc2ncsc2c1.[Ir].[Ir].[Ir].[Ir].[Ir].[c-]1cc2ncsc2cc1-c1ncnn1-c1c(-c2ccccc2)cccc1-c1ccccc1. The van der Waals surface area contributed by atoms with Crippen LogP contribution in [0, 0.1) is 78.8 Å². The molecule has 0 N–H and O–H groups in total. The number of hydrogen-bond donors (Lipinski definition) is 0. The average Bonchev–Trinajstić information content (AvgIpc) is 1.41. The fourth-order valence-electron chi connectivity index (χ4n) is 16.5. The van der Waals surface area contributed by atoms with Crippen molar-refractivity contribution in [1.29, 1.82) is 0 Å². The Morgan fingerprint density at radius 1 is 0.243 bits per heavy atom. The van der Waals surface area contributed by atoms with E-state index in [0.717, 1.165) is 170 Å². The summed E-state index contributed by atoms with van der Waals surface area (Å²) in [6.45, 7) is 23.6. The van der Waals surface area contributed by atoms with E-state index in [9.17, 15) is 0 Å². The molecule has 5 radical (unpaired) electrons. The maximum Gasteiger partial charge on any atom is 0.127 e. The van der Waals surface area contributed by atoms with Gasteiger partial charge in [0.2, 0.25) is 0 Å². The molecule has 23 rings (SSSR count). The smallest absolute Gasteiger partial charge is 0.127 e. The van der Waals surface area contributed by atoms with Gasteiger partial charge in [0, 0.05) is 112 Å². The summed E-state index contributed by atoms with van der Waals surface area (Å²) >= 11 is 8.10. The Bertz CT molecular complexity index is 7880. The molecule has 0 spiro atoms. The summed E-state index contributed by atoms with van der Waals surface area (Å²) in [5.74, 6) is 4.75. The van der Waals surface area contributed by atoms with Gasteiger partial charge in [0.1, 0.15) is 31.6 Å². The topological polar surface area (TPSA) is 218 Å². The van der Waals surface area contributed by atoms with E-state index >= 15 is 0 Å². The van der Waals surface area contributed by atoms with Gasteiger partial charge in [-0.3, -0.25) is 73.2 Å². The number of hydrogen-bond acceptors (Lipinski definition) is 20. The van der Waals surface area contributed by atoms with Crippen molar-refractivity contribution < 1.29 is 101 Å². The van der Waals surface area contributed by atoms with Gasteiger partial charge < -0.3 is 0 Å². The van der Waals surface area contributed by atoms with Gasteiger partial charge in [-0.25, -0.2) is 0 Å². The van der Waals surface area contributed by atoms with Crippen molar-refractivity contribution in [2.24, 2.45) is 0 Å². The third kappa shape index (κ3) is 21.2. The first-order chi connectivity index (χ1) is 64.0. The minimum absolute atomic E-state index is 0. The molecule has 0 bridgehead atoms. The Morgan fingerprint density at radius 3 is 0.801 bits per heavy atom. The summed E-state index contributed by atoms with van der Waals surface area (Å²) < 4.78 is 15.2. The van der Waals surface area contributed by atoms with Gasteiger partial charge in [-0.2, -0.15) is 25.5 Å². The van der Waals surface area contributed by atoms with Crippen molar-refractivity contribution in [3.8, 4) is 119 Å². The van der Waals surface area contributed by atoms with Crippen molar-refractivity contribution in [1.82, 2.24) is 98.7 Å². The van der Waals surface area contributed by atoms with Crippen LogP contribution in [0.25, 0.3) is 170 Å². The number of benzene rings is 13. The fraction of sp³-hybridized carbons (Fsp3) is 0.123. The number of fused-ring (bicyclic) bond motifs is 5. The van der Waals surface area contributed by atoms with Crippen LogP contribution in [-0.2, 0) is 101 Å². The van der Waals surface area contributed by atoms with Crippen LogP contribution >= 0.6 is 56.7 Å². The summed E-state index contributed by atoms with van der Waals surface area (Å²) in [4.78, 5) is 44.3. The number of nitrogens with zero attached hydrogens (tertiary/aromatic N) is 20. The molecule has 136 heavy (non-hydrogen) atoms. The van der Waals surface area contributed by atoms with Crippen LogP contribution in [0.4, 0.5) is 0 Å². The molecule has 23 aromatic rings. The summed E-state index contributed by atoms with van der Waals surface area (Å²) in [6.07, 6.45) is 8.02. The molecule has 10 heterocycles. The molecule has 0 aliphatic heterocycles. The van der Waals surface area contributed by atoms with E-state index in [1.165, 1.54) is 50.1 Å². The van der Waals surface area contributed by atoms with Crippen LogP contribution in [-0.4, -0.2) is 98.7 Å². The monoisotopic (exact) mass is 2760 g/mol. The van der Waals surface area contributed by atoms with Gasteiger partial charge in [-0.05, 0) is 190 Å². The maximum absolute atomic E-state index is 4.68. The predicted octanol–water partition coefficient (Wildman–Crippen LogP) is 26.1. The van der Waals surface area contributed by atoms with Gasteiger partial charge in [-0.15, -0.1) is 175 Å². The number of thiazole rings is 5. The Balaban J connectivity index is 0.000000136. The molecule has 0 aliphatic rings. The molecule has 0 amide bonds. The molecule has 0 saturated carbocycles. The Labute approximate surface area is 874 Å². The minimum Gasteiger partial charge on any atom is -0.293 e. The fourth-order valence-corrected chi connectivity index (χ4v) is 20.0. The molecule has 13 aromatic carbocycles. The molecule has 20 nitrogen and oxygen atoms in total. The Hall–Kier alpha value is -11.7. The molecule has 0 unspecified atom stereocenters. The predicted molar refractivity (Wildman–Crippen MR) is 532 cm³/mol. The molecule has 0 saturated heterocycles. The molecule has 10 aromatic heterocycles. The number of aromatic nitrogens is 20. The molecule has 0 atom stereocenters. The summed E-state index contributed by atoms with van der Waals surface area (Å²) in [7, 11) is 0. The molecular formula is C106H83Ir5N20S5-5. The molecule has 30 heteroatoms. The van der Waals surface area contributed by atoms with E-state index in [0.29, 0.717) is 11.8 Å². The largest absolute Gasteiger partial charge is 0.293 e. The van der Waals surface area contributed by atoms with Crippen LogP contribution in [0.15, 0.2) is 290 Å². The van der Waals surface area contributed by atoms with Crippen LogP contribution in [0.1, 0.15) is 89.6 Å². The van der Waals surface area contributed by atoms with E-state index in [1.54, 1.807) is 88.3 Å². The quantitative estimate of drug-likeness (QED) is 0.0872. The second-order valence-corrected chi connectivity index (χ2v) is 36.5. The zero-order chi connectivity index (χ0) is 89.8. The van der Waals surface area contributed by atoms with Crippen molar-refractivity contribution >= 4 is 108 Å². The number of rotatable bonds is 15. The Kier molecular flexibility index (Phi) is 33.2. The molecule has 0 aliphatic carbocycles. The first-order valence-electron chi connectivity index (χ1n) is 42.5. The molecule has 0 fully saturated rings. The first-order valence-corrected chi connectivity index (χ1v) is 46.9. The number of aryl methyl sites for hydroxylation is 7.